The minimum Gasteiger partial charge on any atom is -0.496 e. The highest BCUT2D eigenvalue weighted by Crippen LogP contribution is 2.32. The molecule has 0 saturated heterocycles. The molecule has 0 spiro atoms. The van der Waals surface area contributed by atoms with Gasteiger partial charge in [0, 0.05) is 14.8 Å². The van der Waals surface area contributed by atoms with Gasteiger partial charge in [-0.15, -0.1) is 0 Å². The Kier molecular flexibility index (Phi) is 4.59. The molecule has 0 aliphatic rings. The first kappa shape index (κ1) is 13.1. The highest BCUT2D eigenvalue weighted by molar-refractivity contribution is 14.1. The summed E-state index contributed by atoms with van der Waals surface area (Å²) in [5.74, 6) is 0.907. The maximum absolute atomic E-state index is 5.85. The van der Waals surface area contributed by atoms with E-state index in [1.165, 1.54) is 0 Å². The first-order valence-corrected chi connectivity index (χ1v) is 7.23. The van der Waals surface area contributed by atoms with Gasteiger partial charge in [0.1, 0.15) is 5.75 Å². The second kappa shape index (κ2) is 5.98. The molecule has 0 amide bonds. The van der Waals surface area contributed by atoms with Crippen LogP contribution in [0.3, 0.4) is 0 Å². The maximum Gasteiger partial charge on any atom is 0.133 e. The molecule has 0 saturated carbocycles. The van der Waals surface area contributed by atoms with Crippen molar-refractivity contribution in [2.45, 2.75) is 9.79 Å². The molecule has 0 aliphatic carbocycles. The average Bonchev–Trinajstić information content (AvgIpc) is 2.34. The first-order valence-electron chi connectivity index (χ1n) is 4.96. The van der Waals surface area contributed by atoms with E-state index < -0.39 is 0 Å². The fourth-order valence-corrected chi connectivity index (χ4v) is 2.87. The first-order chi connectivity index (χ1) is 8.19. The maximum atomic E-state index is 5.85. The van der Waals surface area contributed by atoms with Gasteiger partial charge in [0.05, 0.1) is 10.7 Å². The Bertz CT molecular complexity index is 513. The van der Waals surface area contributed by atoms with Crippen molar-refractivity contribution in [3.63, 3.8) is 0 Å². The number of hydrogen-bond donors (Lipinski definition) is 0. The van der Waals surface area contributed by atoms with Crippen molar-refractivity contribution in [2.75, 3.05) is 7.11 Å². The standard InChI is InChI=1S/C13H10ClIOS/c1-16-13-8-11(6-7-12(13)15)17-10-4-2-9(14)3-5-10/h2-8H,1H3. The molecule has 1 nitrogen and oxygen atoms in total. The fraction of sp³-hybridized carbons (Fsp3) is 0.0769. The summed E-state index contributed by atoms with van der Waals surface area (Å²) in [4.78, 5) is 2.32. The van der Waals surface area contributed by atoms with E-state index in [4.69, 9.17) is 16.3 Å². The third kappa shape index (κ3) is 3.53. The van der Waals surface area contributed by atoms with Crippen molar-refractivity contribution >= 4 is 46.0 Å². The van der Waals surface area contributed by atoms with Crippen LogP contribution < -0.4 is 4.74 Å². The van der Waals surface area contributed by atoms with E-state index in [-0.39, 0.29) is 0 Å². The molecule has 0 N–H and O–H groups in total. The zero-order chi connectivity index (χ0) is 12.3. The molecule has 0 aromatic heterocycles. The van der Waals surface area contributed by atoms with E-state index in [1.807, 2.05) is 30.3 Å². The zero-order valence-corrected chi connectivity index (χ0v) is 12.8. The lowest BCUT2D eigenvalue weighted by Gasteiger charge is -2.06. The van der Waals surface area contributed by atoms with Crippen LogP contribution in [0, 0.1) is 3.57 Å². The van der Waals surface area contributed by atoms with Crippen LogP contribution in [0.4, 0.5) is 0 Å². The number of methoxy groups -OCH3 is 1. The molecular formula is C13H10ClIOS. The largest absolute Gasteiger partial charge is 0.496 e. The Morgan fingerprint density at radius 2 is 1.71 bits per heavy atom. The van der Waals surface area contributed by atoms with Crippen LogP contribution in [0.1, 0.15) is 0 Å². The lowest BCUT2D eigenvalue weighted by molar-refractivity contribution is 0.410. The van der Waals surface area contributed by atoms with Crippen LogP contribution in [0.5, 0.6) is 5.75 Å². The van der Waals surface area contributed by atoms with Crippen molar-refractivity contribution in [1.29, 1.82) is 0 Å². The van der Waals surface area contributed by atoms with E-state index >= 15 is 0 Å². The average molecular weight is 377 g/mol. The normalized spacial score (nSPS) is 10.3. The van der Waals surface area contributed by atoms with Crippen molar-refractivity contribution in [2.24, 2.45) is 0 Å². The predicted molar refractivity (Wildman–Crippen MR) is 81.3 cm³/mol. The Morgan fingerprint density at radius 3 is 2.35 bits per heavy atom. The van der Waals surface area contributed by atoms with Gasteiger partial charge >= 0.3 is 0 Å². The molecule has 0 atom stereocenters. The SMILES string of the molecule is COc1cc(Sc2ccc(Cl)cc2)ccc1I. The van der Waals surface area contributed by atoms with Crippen molar-refractivity contribution in [3.05, 3.63) is 51.1 Å². The van der Waals surface area contributed by atoms with Gasteiger partial charge in [-0.25, -0.2) is 0 Å². The second-order valence-corrected chi connectivity index (χ2v) is 6.10. The van der Waals surface area contributed by atoms with Gasteiger partial charge in [0.2, 0.25) is 0 Å². The molecule has 2 aromatic rings. The number of hydrogen-bond acceptors (Lipinski definition) is 2. The van der Waals surface area contributed by atoms with Gasteiger partial charge in [-0.3, -0.25) is 0 Å². The summed E-state index contributed by atoms with van der Waals surface area (Å²) in [6.07, 6.45) is 0. The summed E-state index contributed by atoms with van der Waals surface area (Å²) in [6, 6.07) is 14.0. The topological polar surface area (TPSA) is 9.23 Å². The molecule has 2 rings (SSSR count). The highest BCUT2D eigenvalue weighted by Gasteiger charge is 2.03. The van der Waals surface area contributed by atoms with Gasteiger partial charge in [0.25, 0.3) is 0 Å². The van der Waals surface area contributed by atoms with Gasteiger partial charge < -0.3 is 4.74 Å². The molecule has 0 radical (unpaired) electrons. The highest BCUT2D eigenvalue weighted by atomic mass is 127. The summed E-state index contributed by atoms with van der Waals surface area (Å²) >= 11 is 9.81. The van der Waals surface area contributed by atoms with E-state index in [9.17, 15) is 0 Å². The van der Waals surface area contributed by atoms with E-state index in [0.29, 0.717) is 0 Å². The zero-order valence-electron chi connectivity index (χ0n) is 9.11. The van der Waals surface area contributed by atoms with Crippen molar-refractivity contribution < 1.29 is 4.74 Å². The van der Waals surface area contributed by atoms with Crippen LogP contribution in [-0.4, -0.2) is 7.11 Å². The predicted octanol–water partition coefficient (Wildman–Crippen LogP) is 5.10. The molecule has 17 heavy (non-hydrogen) atoms. The van der Waals surface area contributed by atoms with Crippen LogP contribution in [0.2, 0.25) is 5.02 Å². The molecule has 2 aromatic carbocycles. The quantitative estimate of drug-likeness (QED) is 0.689. The smallest absolute Gasteiger partial charge is 0.133 e. The lowest BCUT2D eigenvalue weighted by Crippen LogP contribution is -1.86. The molecular weight excluding hydrogens is 367 g/mol. The minimum absolute atomic E-state index is 0.759. The Morgan fingerprint density at radius 1 is 1.06 bits per heavy atom. The lowest BCUT2D eigenvalue weighted by atomic mass is 10.3. The summed E-state index contributed by atoms with van der Waals surface area (Å²) < 4.78 is 6.42. The number of benzene rings is 2. The molecule has 0 aliphatic heterocycles. The summed E-state index contributed by atoms with van der Waals surface area (Å²) in [5.41, 5.74) is 0. The molecule has 0 heterocycles. The van der Waals surface area contributed by atoms with Gasteiger partial charge in [-0.05, 0) is 65.1 Å². The number of halogens is 2. The van der Waals surface area contributed by atoms with Crippen molar-refractivity contribution in [3.8, 4) is 5.75 Å². The summed E-state index contributed by atoms with van der Waals surface area (Å²) in [5, 5.41) is 0.759. The molecule has 88 valence electrons. The molecule has 0 fully saturated rings. The van der Waals surface area contributed by atoms with Crippen molar-refractivity contribution in [1.82, 2.24) is 0 Å². The van der Waals surface area contributed by atoms with Crippen LogP contribution in [0.25, 0.3) is 0 Å². The fourth-order valence-electron chi connectivity index (χ4n) is 1.34. The Hall–Kier alpha value is -0.390. The van der Waals surface area contributed by atoms with E-state index in [0.717, 1.165) is 24.1 Å². The Labute approximate surface area is 124 Å². The van der Waals surface area contributed by atoms with Gasteiger partial charge in [0.15, 0.2) is 0 Å². The summed E-state index contributed by atoms with van der Waals surface area (Å²) in [6.45, 7) is 0. The second-order valence-electron chi connectivity index (χ2n) is 3.35. The third-order valence-electron chi connectivity index (χ3n) is 2.17. The van der Waals surface area contributed by atoms with E-state index in [2.05, 4.69) is 34.7 Å². The van der Waals surface area contributed by atoms with E-state index in [1.54, 1.807) is 18.9 Å². The minimum atomic E-state index is 0.759. The third-order valence-corrected chi connectivity index (χ3v) is 4.31. The van der Waals surface area contributed by atoms with Gasteiger partial charge in [-0.1, -0.05) is 23.4 Å². The van der Waals surface area contributed by atoms with Crippen LogP contribution in [-0.2, 0) is 0 Å². The monoisotopic (exact) mass is 376 g/mol. The summed E-state index contributed by atoms with van der Waals surface area (Å²) in [7, 11) is 1.69. The molecule has 0 bridgehead atoms. The molecule has 0 unspecified atom stereocenters. The van der Waals surface area contributed by atoms with Crippen LogP contribution in [0.15, 0.2) is 52.3 Å². The van der Waals surface area contributed by atoms with Gasteiger partial charge in [-0.2, -0.15) is 0 Å². The molecule has 4 heteroatoms. The van der Waals surface area contributed by atoms with Crippen LogP contribution >= 0.6 is 46.0 Å². The number of ether oxygens (including phenoxy) is 1. The number of rotatable bonds is 3. The Balaban J connectivity index is 2.21.